The van der Waals surface area contributed by atoms with Gasteiger partial charge in [0.15, 0.2) is 11.5 Å². The topological polar surface area (TPSA) is 61.8 Å². The number of rotatable bonds is 16. The minimum Gasteiger partial charge on any atom is -0.487 e. The SMILES string of the molecule is CCCCCCCCCCCCOC(=O)/C=C/C(=O)Oc1ccccc1OC(C)C. The summed E-state index contributed by atoms with van der Waals surface area (Å²) in [6, 6.07) is 6.93. The number of carbonyl (C=O) groups is 2. The van der Waals surface area contributed by atoms with E-state index in [0.717, 1.165) is 25.0 Å². The van der Waals surface area contributed by atoms with Gasteiger partial charge in [-0.25, -0.2) is 9.59 Å². The average Bonchev–Trinajstić information content (AvgIpc) is 2.71. The van der Waals surface area contributed by atoms with E-state index in [1.807, 2.05) is 13.8 Å². The van der Waals surface area contributed by atoms with Gasteiger partial charge in [-0.2, -0.15) is 0 Å². The van der Waals surface area contributed by atoms with Crippen LogP contribution in [-0.2, 0) is 14.3 Å². The van der Waals surface area contributed by atoms with E-state index in [1.165, 1.54) is 51.4 Å². The van der Waals surface area contributed by atoms with Crippen molar-refractivity contribution in [3.05, 3.63) is 36.4 Å². The van der Waals surface area contributed by atoms with Gasteiger partial charge in [-0.05, 0) is 32.4 Å². The summed E-state index contributed by atoms with van der Waals surface area (Å²) in [6.45, 7) is 6.39. The fourth-order valence-electron chi connectivity index (χ4n) is 2.97. The van der Waals surface area contributed by atoms with Crippen molar-refractivity contribution >= 4 is 11.9 Å². The maximum atomic E-state index is 11.9. The first-order valence-corrected chi connectivity index (χ1v) is 11.3. The summed E-state index contributed by atoms with van der Waals surface area (Å²) in [4.78, 5) is 23.7. The molecule has 5 nitrogen and oxygen atoms in total. The number of ether oxygens (including phenoxy) is 3. The molecular formula is C25H38O5. The fraction of sp³-hybridized carbons (Fsp3) is 0.600. The lowest BCUT2D eigenvalue weighted by Crippen LogP contribution is -2.10. The highest BCUT2D eigenvalue weighted by molar-refractivity contribution is 5.92. The molecule has 0 aliphatic rings. The third kappa shape index (κ3) is 13.0. The van der Waals surface area contributed by atoms with E-state index in [4.69, 9.17) is 14.2 Å². The van der Waals surface area contributed by atoms with Gasteiger partial charge < -0.3 is 14.2 Å². The van der Waals surface area contributed by atoms with Crippen molar-refractivity contribution in [2.45, 2.75) is 91.1 Å². The number of para-hydroxylation sites is 2. The molecule has 0 atom stereocenters. The predicted molar refractivity (Wildman–Crippen MR) is 120 cm³/mol. The van der Waals surface area contributed by atoms with Crippen LogP contribution in [0, 0.1) is 0 Å². The number of hydrogen-bond donors (Lipinski definition) is 0. The Bertz CT molecular complexity index is 636. The van der Waals surface area contributed by atoms with Crippen LogP contribution in [-0.4, -0.2) is 24.6 Å². The first-order valence-electron chi connectivity index (χ1n) is 11.3. The molecule has 0 heterocycles. The largest absolute Gasteiger partial charge is 0.487 e. The Labute approximate surface area is 181 Å². The fourth-order valence-corrected chi connectivity index (χ4v) is 2.97. The van der Waals surface area contributed by atoms with Crippen molar-refractivity contribution in [3.63, 3.8) is 0 Å². The molecule has 30 heavy (non-hydrogen) atoms. The van der Waals surface area contributed by atoms with E-state index in [1.54, 1.807) is 24.3 Å². The van der Waals surface area contributed by atoms with E-state index >= 15 is 0 Å². The van der Waals surface area contributed by atoms with E-state index in [0.29, 0.717) is 18.1 Å². The maximum Gasteiger partial charge on any atom is 0.336 e. The van der Waals surface area contributed by atoms with E-state index in [9.17, 15) is 9.59 Å². The lowest BCUT2D eigenvalue weighted by Gasteiger charge is -2.13. The third-order valence-electron chi connectivity index (χ3n) is 4.52. The molecule has 0 aromatic heterocycles. The van der Waals surface area contributed by atoms with Crippen molar-refractivity contribution in [3.8, 4) is 11.5 Å². The second-order valence-corrected chi connectivity index (χ2v) is 7.72. The van der Waals surface area contributed by atoms with E-state index in [-0.39, 0.29) is 6.10 Å². The number of benzene rings is 1. The zero-order valence-corrected chi connectivity index (χ0v) is 18.9. The van der Waals surface area contributed by atoms with Gasteiger partial charge in [0.25, 0.3) is 0 Å². The normalized spacial score (nSPS) is 11.1. The second-order valence-electron chi connectivity index (χ2n) is 7.72. The van der Waals surface area contributed by atoms with Crippen molar-refractivity contribution in [2.24, 2.45) is 0 Å². The van der Waals surface area contributed by atoms with Gasteiger partial charge in [0.05, 0.1) is 12.7 Å². The molecule has 0 spiro atoms. The standard InChI is InChI=1S/C25H38O5/c1-4-5-6-7-8-9-10-11-12-15-20-28-24(26)18-19-25(27)30-23-17-14-13-16-22(23)29-21(2)3/h13-14,16-19,21H,4-12,15,20H2,1-3H3/b19-18+. The third-order valence-corrected chi connectivity index (χ3v) is 4.52. The van der Waals surface area contributed by atoms with Crippen molar-refractivity contribution < 1.29 is 23.8 Å². The van der Waals surface area contributed by atoms with Crippen LogP contribution < -0.4 is 9.47 Å². The molecule has 0 fully saturated rings. The minimum absolute atomic E-state index is 0.0406. The van der Waals surface area contributed by atoms with Crippen LogP contribution >= 0.6 is 0 Å². The lowest BCUT2D eigenvalue weighted by atomic mass is 10.1. The van der Waals surface area contributed by atoms with Crippen molar-refractivity contribution in [2.75, 3.05) is 6.61 Å². The Morgan fingerprint density at radius 2 is 1.33 bits per heavy atom. The average molecular weight is 419 g/mol. The molecule has 168 valence electrons. The van der Waals surface area contributed by atoms with Crippen LogP contribution in [0.4, 0.5) is 0 Å². The summed E-state index contributed by atoms with van der Waals surface area (Å²) in [5.41, 5.74) is 0. The molecule has 1 aromatic rings. The van der Waals surface area contributed by atoms with Gasteiger partial charge in [-0.3, -0.25) is 0 Å². The van der Waals surface area contributed by atoms with Crippen molar-refractivity contribution in [1.82, 2.24) is 0 Å². The molecule has 0 saturated carbocycles. The summed E-state index contributed by atoms with van der Waals surface area (Å²) < 4.78 is 16.0. The molecule has 0 saturated heterocycles. The van der Waals surface area contributed by atoms with E-state index < -0.39 is 11.9 Å². The summed E-state index contributed by atoms with van der Waals surface area (Å²) >= 11 is 0. The highest BCUT2D eigenvalue weighted by Crippen LogP contribution is 2.27. The molecule has 0 N–H and O–H groups in total. The number of carbonyl (C=O) groups excluding carboxylic acids is 2. The Balaban J connectivity index is 2.15. The van der Waals surface area contributed by atoms with Crippen LogP contribution in [0.25, 0.3) is 0 Å². The van der Waals surface area contributed by atoms with Gasteiger partial charge in [0, 0.05) is 12.2 Å². The zero-order chi connectivity index (χ0) is 22.0. The van der Waals surface area contributed by atoms with Crippen LogP contribution in [0.3, 0.4) is 0 Å². The summed E-state index contributed by atoms with van der Waals surface area (Å²) in [5.74, 6) is -0.377. The van der Waals surface area contributed by atoms with Gasteiger partial charge in [-0.15, -0.1) is 0 Å². The Hall–Kier alpha value is -2.30. The molecule has 0 aliphatic carbocycles. The van der Waals surface area contributed by atoms with Gasteiger partial charge in [0.1, 0.15) is 0 Å². The Kier molecular flexibility index (Phi) is 14.1. The second kappa shape index (κ2) is 16.5. The maximum absolute atomic E-state index is 11.9. The lowest BCUT2D eigenvalue weighted by molar-refractivity contribution is -0.138. The number of unbranched alkanes of at least 4 members (excludes halogenated alkanes) is 9. The zero-order valence-electron chi connectivity index (χ0n) is 18.9. The summed E-state index contributed by atoms with van der Waals surface area (Å²) in [5, 5.41) is 0. The molecule has 1 rings (SSSR count). The number of hydrogen-bond acceptors (Lipinski definition) is 5. The molecule has 0 amide bonds. The first-order chi connectivity index (χ1) is 14.5. The van der Waals surface area contributed by atoms with Gasteiger partial charge >= 0.3 is 11.9 Å². The highest BCUT2D eigenvalue weighted by Gasteiger charge is 2.09. The van der Waals surface area contributed by atoms with E-state index in [2.05, 4.69) is 6.92 Å². The molecule has 0 radical (unpaired) electrons. The first kappa shape index (κ1) is 25.7. The smallest absolute Gasteiger partial charge is 0.336 e. The molecule has 5 heteroatoms. The van der Waals surface area contributed by atoms with Crippen LogP contribution in [0.5, 0.6) is 11.5 Å². The van der Waals surface area contributed by atoms with Crippen LogP contribution in [0.2, 0.25) is 0 Å². The van der Waals surface area contributed by atoms with Gasteiger partial charge in [0.2, 0.25) is 0 Å². The molecular weight excluding hydrogens is 380 g/mol. The van der Waals surface area contributed by atoms with Crippen LogP contribution in [0.15, 0.2) is 36.4 Å². The summed E-state index contributed by atoms with van der Waals surface area (Å²) in [7, 11) is 0. The van der Waals surface area contributed by atoms with Gasteiger partial charge in [-0.1, -0.05) is 76.8 Å². The monoisotopic (exact) mass is 418 g/mol. The highest BCUT2D eigenvalue weighted by atomic mass is 16.6. The molecule has 1 aromatic carbocycles. The Morgan fingerprint density at radius 1 is 0.800 bits per heavy atom. The molecule has 0 bridgehead atoms. The summed E-state index contributed by atoms with van der Waals surface area (Å²) in [6.07, 6.45) is 14.4. The Morgan fingerprint density at radius 3 is 1.93 bits per heavy atom. The minimum atomic E-state index is -0.648. The quantitative estimate of drug-likeness (QED) is 0.134. The van der Waals surface area contributed by atoms with Crippen molar-refractivity contribution in [1.29, 1.82) is 0 Å². The van der Waals surface area contributed by atoms with Crippen LogP contribution in [0.1, 0.15) is 85.0 Å². The number of esters is 2. The molecule has 0 aliphatic heterocycles. The predicted octanol–water partition coefficient (Wildman–Crippen LogP) is 6.40. The molecule has 0 unspecified atom stereocenters.